The van der Waals surface area contributed by atoms with Crippen molar-refractivity contribution < 1.29 is 9.84 Å². The summed E-state index contributed by atoms with van der Waals surface area (Å²) in [5, 5.41) is 10.8. The summed E-state index contributed by atoms with van der Waals surface area (Å²) in [5.74, 6) is 0.866. The molecular formula is C19H27N3O2. The van der Waals surface area contributed by atoms with Crippen molar-refractivity contribution in [3.05, 3.63) is 35.9 Å². The monoisotopic (exact) mass is 329 g/mol. The number of aliphatic hydroxyl groups excluding tert-OH is 1. The molecule has 0 bridgehead atoms. The van der Waals surface area contributed by atoms with E-state index in [2.05, 4.69) is 23.6 Å². The Kier molecular flexibility index (Phi) is 5.33. The number of pyridine rings is 1. The Hall–Kier alpha value is -1.69. The van der Waals surface area contributed by atoms with E-state index in [-0.39, 0.29) is 18.8 Å². The molecule has 2 aromatic rings. The number of aromatic nitrogens is 1. The smallest absolute Gasteiger partial charge is 0.134 e. The van der Waals surface area contributed by atoms with Crippen molar-refractivity contribution in [2.24, 2.45) is 0 Å². The van der Waals surface area contributed by atoms with E-state index in [9.17, 15) is 5.11 Å². The van der Waals surface area contributed by atoms with Crippen molar-refractivity contribution in [2.75, 3.05) is 38.1 Å². The van der Waals surface area contributed by atoms with Crippen LogP contribution >= 0.6 is 0 Å². The number of fused-ring (bicyclic) bond motifs is 1. The summed E-state index contributed by atoms with van der Waals surface area (Å²) in [4.78, 5) is 9.34. The molecule has 0 amide bonds. The molecule has 1 N–H and O–H groups in total. The highest BCUT2D eigenvalue weighted by Gasteiger charge is 2.22. The third kappa shape index (κ3) is 3.86. The summed E-state index contributed by atoms with van der Waals surface area (Å²) >= 11 is 0. The Morgan fingerprint density at radius 3 is 2.67 bits per heavy atom. The standard InChI is InChI=1S/C19H27N3O2/c1-14-11-22(12-15(2)24-14)9-8-21(3)19-17(13-23)10-16-6-4-5-7-18(16)20-19/h4-7,10,14-15,23H,8-9,11-13H2,1-3H3/t14-,15+. The van der Waals surface area contributed by atoms with Gasteiger partial charge in [-0.1, -0.05) is 18.2 Å². The highest BCUT2D eigenvalue weighted by atomic mass is 16.5. The SMILES string of the molecule is C[C@@H]1CN(CCN(C)c2nc3ccccc3cc2CO)C[C@H](C)O1. The van der Waals surface area contributed by atoms with Crippen LogP contribution < -0.4 is 4.90 Å². The molecule has 1 saturated heterocycles. The number of hydrogen-bond donors (Lipinski definition) is 1. The fourth-order valence-corrected chi connectivity index (χ4v) is 3.46. The van der Waals surface area contributed by atoms with Crippen molar-refractivity contribution >= 4 is 16.7 Å². The lowest BCUT2D eigenvalue weighted by molar-refractivity contribution is -0.0670. The summed E-state index contributed by atoms with van der Waals surface area (Å²) < 4.78 is 5.79. The maximum Gasteiger partial charge on any atom is 0.134 e. The molecule has 0 saturated carbocycles. The van der Waals surface area contributed by atoms with E-state index in [0.29, 0.717) is 0 Å². The van der Waals surface area contributed by atoms with Crippen molar-refractivity contribution in [1.29, 1.82) is 0 Å². The van der Waals surface area contributed by atoms with Gasteiger partial charge in [-0.25, -0.2) is 4.98 Å². The van der Waals surface area contributed by atoms with Crippen LogP contribution in [0.3, 0.4) is 0 Å². The summed E-state index contributed by atoms with van der Waals surface area (Å²) in [7, 11) is 2.05. The van der Waals surface area contributed by atoms with Crippen LogP contribution in [0.15, 0.2) is 30.3 Å². The Balaban J connectivity index is 1.72. The molecule has 5 heteroatoms. The van der Waals surface area contributed by atoms with E-state index in [0.717, 1.165) is 48.5 Å². The van der Waals surface area contributed by atoms with E-state index >= 15 is 0 Å². The lowest BCUT2D eigenvalue weighted by Crippen LogP contribution is -2.47. The van der Waals surface area contributed by atoms with Crippen molar-refractivity contribution in [1.82, 2.24) is 9.88 Å². The van der Waals surface area contributed by atoms with Gasteiger partial charge in [0, 0.05) is 44.2 Å². The minimum Gasteiger partial charge on any atom is -0.392 e. The summed E-state index contributed by atoms with van der Waals surface area (Å²) in [5.41, 5.74) is 1.84. The third-order valence-corrected chi connectivity index (χ3v) is 4.56. The quantitative estimate of drug-likeness (QED) is 0.912. The number of para-hydroxylation sites is 1. The highest BCUT2D eigenvalue weighted by molar-refractivity contribution is 5.81. The largest absolute Gasteiger partial charge is 0.392 e. The molecule has 130 valence electrons. The van der Waals surface area contributed by atoms with E-state index in [1.54, 1.807) is 0 Å². The lowest BCUT2D eigenvalue weighted by Gasteiger charge is -2.36. The average Bonchev–Trinajstić information content (AvgIpc) is 2.57. The van der Waals surface area contributed by atoms with Crippen LogP contribution in [0, 0.1) is 0 Å². The Labute approximate surface area is 143 Å². The van der Waals surface area contributed by atoms with Crippen LogP contribution in [0.4, 0.5) is 5.82 Å². The minimum atomic E-state index is 0.00311. The van der Waals surface area contributed by atoms with Gasteiger partial charge in [-0.15, -0.1) is 0 Å². The van der Waals surface area contributed by atoms with E-state index in [1.165, 1.54) is 0 Å². The minimum absolute atomic E-state index is 0.00311. The van der Waals surface area contributed by atoms with Crippen LogP contribution in [0.2, 0.25) is 0 Å². The molecule has 0 aliphatic carbocycles. The fraction of sp³-hybridized carbons (Fsp3) is 0.526. The first kappa shape index (κ1) is 17.1. The average molecular weight is 329 g/mol. The molecule has 0 unspecified atom stereocenters. The zero-order valence-corrected chi connectivity index (χ0v) is 14.8. The second-order valence-corrected chi connectivity index (χ2v) is 6.76. The van der Waals surface area contributed by atoms with Gasteiger partial charge in [-0.05, 0) is 26.0 Å². The van der Waals surface area contributed by atoms with Crippen molar-refractivity contribution in [3.63, 3.8) is 0 Å². The van der Waals surface area contributed by atoms with Crippen LogP contribution in [0.1, 0.15) is 19.4 Å². The van der Waals surface area contributed by atoms with E-state index < -0.39 is 0 Å². The number of morpholine rings is 1. The fourth-order valence-electron chi connectivity index (χ4n) is 3.46. The number of nitrogens with zero attached hydrogens (tertiary/aromatic N) is 3. The van der Waals surface area contributed by atoms with Crippen LogP contribution in [0.5, 0.6) is 0 Å². The van der Waals surface area contributed by atoms with Gasteiger partial charge in [0.25, 0.3) is 0 Å². The maximum atomic E-state index is 9.72. The third-order valence-electron chi connectivity index (χ3n) is 4.56. The first-order valence-electron chi connectivity index (χ1n) is 8.65. The Bertz CT molecular complexity index is 681. The van der Waals surface area contributed by atoms with Crippen molar-refractivity contribution in [2.45, 2.75) is 32.7 Å². The lowest BCUT2D eigenvalue weighted by atomic mass is 10.1. The molecule has 5 nitrogen and oxygen atoms in total. The molecule has 1 aliphatic heterocycles. The summed E-state index contributed by atoms with van der Waals surface area (Å²) in [6, 6.07) is 10.1. The molecule has 1 aromatic heterocycles. The number of aliphatic hydroxyl groups is 1. The van der Waals surface area contributed by atoms with Gasteiger partial charge in [0.1, 0.15) is 5.82 Å². The van der Waals surface area contributed by atoms with E-state index in [4.69, 9.17) is 9.72 Å². The van der Waals surface area contributed by atoms with Gasteiger partial charge in [-0.2, -0.15) is 0 Å². The summed E-state index contributed by atoms with van der Waals surface area (Å²) in [6.45, 7) is 8.03. The number of anilines is 1. The molecule has 1 aromatic carbocycles. The van der Waals surface area contributed by atoms with E-state index in [1.807, 2.05) is 37.4 Å². The first-order valence-corrected chi connectivity index (χ1v) is 8.65. The Morgan fingerprint density at radius 1 is 1.25 bits per heavy atom. The topological polar surface area (TPSA) is 48.8 Å². The maximum absolute atomic E-state index is 9.72. The van der Waals surface area contributed by atoms with Gasteiger partial charge in [0.15, 0.2) is 0 Å². The van der Waals surface area contributed by atoms with Gasteiger partial charge < -0.3 is 14.7 Å². The molecule has 0 spiro atoms. The Morgan fingerprint density at radius 2 is 1.96 bits per heavy atom. The molecule has 0 radical (unpaired) electrons. The number of hydrogen-bond acceptors (Lipinski definition) is 5. The van der Waals surface area contributed by atoms with Crippen LogP contribution in [-0.4, -0.2) is 60.4 Å². The normalized spacial score (nSPS) is 22.0. The van der Waals surface area contributed by atoms with Gasteiger partial charge in [0.2, 0.25) is 0 Å². The predicted octanol–water partition coefficient (Wildman–Crippen LogP) is 2.27. The molecular weight excluding hydrogens is 302 g/mol. The predicted molar refractivity (Wildman–Crippen MR) is 97.4 cm³/mol. The highest BCUT2D eigenvalue weighted by Crippen LogP contribution is 2.23. The van der Waals surface area contributed by atoms with Crippen molar-refractivity contribution in [3.8, 4) is 0 Å². The second kappa shape index (κ2) is 7.47. The first-order chi connectivity index (χ1) is 11.6. The van der Waals surface area contributed by atoms with Gasteiger partial charge in [-0.3, -0.25) is 4.90 Å². The number of benzene rings is 1. The molecule has 1 fully saturated rings. The van der Waals surface area contributed by atoms with Crippen LogP contribution in [-0.2, 0) is 11.3 Å². The number of rotatable bonds is 5. The van der Waals surface area contributed by atoms with Crippen LogP contribution in [0.25, 0.3) is 10.9 Å². The molecule has 3 rings (SSSR count). The molecule has 2 atom stereocenters. The number of likely N-dealkylation sites (N-methyl/N-ethyl adjacent to an activating group) is 1. The zero-order chi connectivity index (χ0) is 17.1. The molecule has 2 heterocycles. The zero-order valence-electron chi connectivity index (χ0n) is 14.8. The van der Waals surface area contributed by atoms with Gasteiger partial charge in [0.05, 0.1) is 24.3 Å². The second-order valence-electron chi connectivity index (χ2n) is 6.76. The van der Waals surface area contributed by atoms with Gasteiger partial charge >= 0.3 is 0 Å². The summed E-state index contributed by atoms with van der Waals surface area (Å²) in [6.07, 6.45) is 0.566. The molecule has 24 heavy (non-hydrogen) atoms. The number of ether oxygens (including phenoxy) is 1. The molecule has 1 aliphatic rings.